The van der Waals surface area contributed by atoms with E-state index in [-0.39, 0.29) is 31.8 Å². The van der Waals surface area contributed by atoms with Crippen molar-refractivity contribution in [2.75, 3.05) is 13.1 Å². The van der Waals surface area contributed by atoms with Crippen LogP contribution in [-0.2, 0) is 10.2 Å². The topological polar surface area (TPSA) is 109 Å². The Hall–Kier alpha value is -3.62. The van der Waals surface area contributed by atoms with Gasteiger partial charge in [-0.1, -0.05) is 17.3 Å². The van der Waals surface area contributed by atoms with E-state index in [4.69, 9.17) is 4.52 Å². The number of carbonyl (C=O) groups is 2. The van der Waals surface area contributed by atoms with Gasteiger partial charge in [0.05, 0.1) is 11.9 Å². The van der Waals surface area contributed by atoms with Crippen molar-refractivity contribution in [1.82, 2.24) is 20.0 Å². The number of aryl methyl sites for hydroxylation is 1. The molecule has 0 radical (unpaired) electrons. The van der Waals surface area contributed by atoms with Gasteiger partial charge in [-0.15, -0.1) is 0 Å². The molecule has 0 aliphatic carbocycles. The van der Waals surface area contributed by atoms with Crippen LogP contribution in [0.25, 0.3) is 11.4 Å². The predicted octanol–water partition coefficient (Wildman–Crippen LogP) is 2.84. The molecule has 0 unspecified atom stereocenters. The molecule has 1 aliphatic heterocycles. The van der Waals surface area contributed by atoms with Crippen molar-refractivity contribution in [2.45, 2.75) is 25.2 Å². The van der Waals surface area contributed by atoms with Crippen LogP contribution in [0.3, 0.4) is 0 Å². The molecule has 30 heavy (non-hydrogen) atoms. The van der Waals surface area contributed by atoms with Crippen LogP contribution < -0.4 is 0 Å². The Morgan fingerprint density at radius 2 is 1.83 bits per heavy atom. The minimum absolute atomic E-state index is 0.183. The highest BCUT2D eigenvalue weighted by atomic mass is 19.1. The number of carboxylic acid groups (broad SMARTS) is 1. The summed E-state index contributed by atoms with van der Waals surface area (Å²) in [6.07, 6.45) is 1.42. The largest absolute Gasteiger partial charge is 0.481 e. The molecule has 3 heterocycles. The van der Waals surface area contributed by atoms with Gasteiger partial charge >= 0.3 is 5.97 Å². The van der Waals surface area contributed by atoms with Gasteiger partial charge in [-0.05, 0) is 37.1 Å². The summed E-state index contributed by atoms with van der Waals surface area (Å²) in [5.41, 5.74) is 0.296. The van der Waals surface area contributed by atoms with E-state index in [1.54, 1.807) is 36.1 Å². The van der Waals surface area contributed by atoms with Gasteiger partial charge in [0.1, 0.15) is 11.2 Å². The van der Waals surface area contributed by atoms with E-state index in [1.807, 2.05) is 0 Å². The van der Waals surface area contributed by atoms with Gasteiger partial charge in [0.2, 0.25) is 11.7 Å². The molecular formula is C21H19FN4O4. The third-order valence-corrected chi connectivity index (χ3v) is 5.45. The van der Waals surface area contributed by atoms with Gasteiger partial charge in [-0.3, -0.25) is 14.6 Å². The molecule has 1 saturated heterocycles. The molecule has 3 aromatic rings. The lowest BCUT2D eigenvalue weighted by atomic mass is 9.75. The number of rotatable bonds is 4. The number of pyridine rings is 1. The Bertz CT molecular complexity index is 1070. The second-order valence-corrected chi connectivity index (χ2v) is 7.26. The summed E-state index contributed by atoms with van der Waals surface area (Å²) in [6.45, 7) is 2.22. The molecule has 1 N–H and O–H groups in total. The molecule has 0 spiro atoms. The van der Waals surface area contributed by atoms with Crippen molar-refractivity contribution < 1.29 is 23.6 Å². The van der Waals surface area contributed by atoms with E-state index < -0.39 is 17.2 Å². The molecular weight excluding hydrogens is 391 g/mol. The van der Waals surface area contributed by atoms with Gasteiger partial charge in [0.25, 0.3) is 5.91 Å². The van der Waals surface area contributed by atoms with Crippen molar-refractivity contribution in [3.05, 3.63) is 65.6 Å². The highest BCUT2D eigenvalue weighted by Crippen LogP contribution is 2.35. The molecule has 1 amide bonds. The molecule has 9 heteroatoms. The molecule has 1 aliphatic rings. The number of aromatic nitrogens is 3. The standard InChI is InChI=1S/C21H19FN4O4/c1-13-24-18(25-30-13)14-2-4-15(5-3-14)19(27)26-10-8-21(9-11-26,20(28)29)17-7-6-16(22)12-23-17/h2-7,12H,8-11H2,1H3,(H,28,29). The first kappa shape index (κ1) is 19.7. The van der Waals surface area contributed by atoms with Crippen molar-refractivity contribution in [3.63, 3.8) is 0 Å². The van der Waals surface area contributed by atoms with Crippen molar-refractivity contribution in [3.8, 4) is 11.4 Å². The first-order chi connectivity index (χ1) is 14.4. The molecule has 0 saturated carbocycles. The lowest BCUT2D eigenvalue weighted by Crippen LogP contribution is -2.49. The van der Waals surface area contributed by atoms with Crippen molar-refractivity contribution >= 4 is 11.9 Å². The number of likely N-dealkylation sites (tertiary alicyclic amines) is 1. The lowest BCUT2D eigenvalue weighted by molar-refractivity contribution is -0.146. The third-order valence-electron chi connectivity index (χ3n) is 5.45. The molecule has 8 nitrogen and oxygen atoms in total. The minimum Gasteiger partial charge on any atom is -0.481 e. The molecule has 2 aromatic heterocycles. The van der Waals surface area contributed by atoms with E-state index in [0.717, 1.165) is 11.8 Å². The average molecular weight is 410 g/mol. The first-order valence-corrected chi connectivity index (χ1v) is 9.44. The smallest absolute Gasteiger partial charge is 0.315 e. The SMILES string of the molecule is Cc1nc(-c2ccc(C(=O)N3CCC(C(=O)O)(c4ccc(F)cn4)CC3)cc2)no1. The Labute approximate surface area is 171 Å². The van der Waals surface area contributed by atoms with Crippen LogP contribution in [0.5, 0.6) is 0 Å². The van der Waals surface area contributed by atoms with Gasteiger partial charge in [-0.25, -0.2) is 4.39 Å². The number of aliphatic carboxylic acids is 1. The maximum Gasteiger partial charge on any atom is 0.315 e. The quantitative estimate of drug-likeness (QED) is 0.704. The summed E-state index contributed by atoms with van der Waals surface area (Å²) in [5.74, 6) is -0.824. The van der Waals surface area contributed by atoms with E-state index in [9.17, 15) is 19.1 Å². The maximum absolute atomic E-state index is 13.2. The number of amides is 1. The number of benzene rings is 1. The second-order valence-electron chi connectivity index (χ2n) is 7.26. The lowest BCUT2D eigenvalue weighted by Gasteiger charge is -2.38. The summed E-state index contributed by atoms with van der Waals surface area (Å²) in [6, 6.07) is 9.46. The number of hydrogen-bond acceptors (Lipinski definition) is 6. The van der Waals surface area contributed by atoms with Crippen LogP contribution in [0.15, 0.2) is 47.1 Å². The van der Waals surface area contributed by atoms with Gasteiger partial charge in [-0.2, -0.15) is 4.98 Å². The number of halogens is 1. The third kappa shape index (κ3) is 3.54. The van der Waals surface area contributed by atoms with Crippen LogP contribution in [0.1, 0.15) is 34.8 Å². The molecule has 0 atom stereocenters. The van der Waals surface area contributed by atoms with E-state index in [1.165, 1.54) is 12.1 Å². The van der Waals surface area contributed by atoms with Gasteiger partial charge in [0, 0.05) is 31.1 Å². The minimum atomic E-state index is -1.23. The fourth-order valence-corrected chi connectivity index (χ4v) is 3.69. The Kier molecular flexibility index (Phi) is 5.03. The van der Waals surface area contributed by atoms with Gasteiger partial charge in [0.15, 0.2) is 0 Å². The average Bonchev–Trinajstić information content (AvgIpc) is 3.20. The Morgan fingerprint density at radius 3 is 2.37 bits per heavy atom. The monoisotopic (exact) mass is 410 g/mol. The molecule has 154 valence electrons. The van der Waals surface area contributed by atoms with Crippen molar-refractivity contribution in [1.29, 1.82) is 0 Å². The molecule has 0 bridgehead atoms. The highest BCUT2D eigenvalue weighted by Gasteiger charge is 2.45. The summed E-state index contributed by atoms with van der Waals surface area (Å²) < 4.78 is 18.2. The molecule has 1 fully saturated rings. The van der Waals surface area contributed by atoms with Crippen LogP contribution in [0, 0.1) is 12.7 Å². The fourth-order valence-electron chi connectivity index (χ4n) is 3.69. The summed E-state index contributed by atoms with van der Waals surface area (Å²) in [7, 11) is 0. The van der Waals surface area contributed by atoms with E-state index in [2.05, 4.69) is 15.1 Å². The Balaban J connectivity index is 1.48. The summed E-state index contributed by atoms with van der Waals surface area (Å²) in [4.78, 5) is 34.7. The summed E-state index contributed by atoms with van der Waals surface area (Å²) in [5, 5.41) is 13.7. The second kappa shape index (κ2) is 7.66. The predicted molar refractivity (Wildman–Crippen MR) is 103 cm³/mol. The highest BCUT2D eigenvalue weighted by molar-refractivity contribution is 5.95. The van der Waals surface area contributed by atoms with Gasteiger partial charge < -0.3 is 14.5 Å². The maximum atomic E-state index is 13.2. The number of carboxylic acids is 1. The zero-order valence-electron chi connectivity index (χ0n) is 16.2. The normalized spacial score (nSPS) is 15.7. The number of nitrogens with zero attached hydrogens (tertiary/aromatic N) is 4. The van der Waals surface area contributed by atoms with Crippen LogP contribution >= 0.6 is 0 Å². The molecule has 1 aromatic carbocycles. The zero-order chi connectivity index (χ0) is 21.3. The number of carbonyl (C=O) groups excluding carboxylic acids is 1. The number of piperidine rings is 1. The van der Waals surface area contributed by atoms with E-state index >= 15 is 0 Å². The molecule has 4 rings (SSSR count). The van der Waals surface area contributed by atoms with E-state index in [0.29, 0.717) is 23.0 Å². The first-order valence-electron chi connectivity index (χ1n) is 9.44. The fraction of sp³-hybridized carbons (Fsp3) is 0.286. The zero-order valence-corrected chi connectivity index (χ0v) is 16.2. The van der Waals surface area contributed by atoms with Crippen LogP contribution in [0.2, 0.25) is 0 Å². The van der Waals surface area contributed by atoms with Crippen LogP contribution in [-0.4, -0.2) is 50.1 Å². The van der Waals surface area contributed by atoms with Crippen molar-refractivity contribution in [2.24, 2.45) is 0 Å². The summed E-state index contributed by atoms with van der Waals surface area (Å²) >= 11 is 0. The number of hydrogen-bond donors (Lipinski definition) is 1. The van der Waals surface area contributed by atoms with Crippen LogP contribution in [0.4, 0.5) is 4.39 Å². The Morgan fingerprint density at radius 1 is 1.13 bits per heavy atom.